The Bertz CT molecular complexity index is 373. The summed E-state index contributed by atoms with van der Waals surface area (Å²) in [4.78, 5) is 16.2. The number of β-amino-alcohol motifs (C(OH)–C–C–N with tert-alkyl or cyclic N) is 1. The predicted octanol–water partition coefficient (Wildman–Crippen LogP) is 1.89. The van der Waals surface area contributed by atoms with Crippen molar-refractivity contribution in [1.29, 1.82) is 0 Å². The molecule has 1 aromatic heterocycles. The first-order valence-electron chi connectivity index (χ1n) is 5.41. The Morgan fingerprint density at radius 1 is 1.53 bits per heavy atom. The molecule has 0 aliphatic carbocycles. The highest BCUT2D eigenvalue weighted by molar-refractivity contribution is 5.66. The monoisotopic (exact) mass is 238 g/mol. The third-order valence-corrected chi connectivity index (χ3v) is 2.47. The zero-order valence-electron chi connectivity index (χ0n) is 10.3. The maximum Gasteiger partial charge on any atom is 0.407 e. The summed E-state index contributed by atoms with van der Waals surface area (Å²) in [5.41, 5.74) is 0.0673. The number of hydrogen-bond acceptors (Lipinski definition) is 3. The fourth-order valence-electron chi connectivity index (χ4n) is 1.49. The number of hydrogen-bond donors (Lipinski definition) is 2. The molecule has 17 heavy (non-hydrogen) atoms. The molecule has 0 saturated carbocycles. The zero-order valence-corrected chi connectivity index (χ0v) is 10.3. The van der Waals surface area contributed by atoms with Gasteiger partial charge >= 0.3 is 6.09 Å². The highest BCUT2D eigenvalue weighted by Crippen LogP contribution is 2.19. The summed E-state index contributed by atoms with van der Waals surface area (Å²) in [6, 6.07) is 3.43. The van der Waals surface area contributed by atoms with Gasteiger partial charge in [-0.25, -0.2) is 4.79 Å². The Balaban J connectivity index is 2.79. The van der Waals surface area contributed by atoms with Gasteiger partial charge < -0.3 is 15.1 Å². The first-order valence-corrected chi connectivity index (χ1v) is 5.41. The molecule has 0 aliphatic rings. The van der Waals surface area contributed by atoms with Crippen molar-refractivity contribution in [3.05, 3.63) is 30.1 Å². The summed E-state index contributed by atoms with van der Waals surface area (Å²) >= 11 is 0. The molecule has 0 aromatic carbocycles. The van der Waals surface area contributed by atoms with Crippen molar-refractivity contribution >= 4 is 6.09 Å². The molecule has 94 valence electrons. The summed E-state index contributed by atoms with van der Waals surface area (Å²) in [5.74, 6) is 0. The van der Waals surface area contributed by atoms with Gasteiger partial charge in [0, 0.05) is 23.5 Å². The summed E-state index contributed by atoms with van der Waals surface area (Å²) in [7, 11) is 0. The number of carboxylic acid groups (broad SMARTS) is 1. The second-order valence-electron chi connectivity index (χ2n) is 4.87. The van der Waals surface area contributed by atoms with E-state index in [4.69, 9.17) is 5.11 Å². The van der Waals surface area contributed by atoms with Crippen molar-refractivity contribution in [2.75, 3.05) is 6.54 Å². The van der Waals surface area contributed by atoms with Crippen molar-refractivity contribution < 1.29 is 15.0 Å². The maximum absolute atomic E-state index is 11.1. The smallest absolute Gasteiger partial charge is 0.407 e. The Morgan fingerprint density at radius 3 is 2.59 bits per heavy atom. The molecule has 0 fully saturated rings. The summed E-state index contributed by atoms with van der Waals surface area (Å²) in [5, 5.41) is 19.1. The van der Waals surface area contributed by atoms with Crippen molar-refractivity contribution in [3.8, 4) is 0 Å². The summed E-state index contributed by atoms with van der Waals surface area (Å²) < 4.78 is 0. The second-order valence-corrected chi connectivity index (χ2v) is 4.87. The van der Waals surface area contributed by atoms with Crippen LogP contribution in [0.2, 0.25) is 0 Å². The van der Waals surface area contributed by atoms with Gasteiger partial charge in [0.15, 0.2) is 0 Å². The summed E-state index contributed by atoms with van der Waals surface area (Å²) in [6.07, 6.45) is 1.24. The lowest BCUT2D eigenvalue weighted by atomic mass is 10.0. The van der Waals surface area contributed by atoms with Gasteiger partial charge in [0.05, 0.1) is 12.6 Å². The van der Waals surface area contributed by atoms with Crippen LogP contribution in [0.3, 0.4) is 0 Å². The molecule has 1 amide bonds. The van der Waals surface area contributed by atoms with Crippen LogP contribution in [0, 0.1) is 0 Å². The maximum atomic E-state index is 11.1. The van der Waals surface area contributed by atoms with Crippen molar-refractivity contribution in [2.45, 2.75) is 32.4 Å². The van der Waals surface area contributed by atoms with Gasteiger partial charge in [-0.1, -0.05) is 6.07 Å². The Kier molecular flexibility index (Phi) is 4.07. The largest absolute Gasteiger partial charge is 0.465 e. The van der Waals surface area contributed by atoms with Crippen LogP contribution in [0.5, 0.6) is 0 Å². The molecule has 0 aliphatic heterocycles. The van der Waals surface area contributed by atoms with Crippen molar-refractivity contribution in [3.63, 3.8) is 0 Å². The van der Waals surface area contributed by atoms with Crippen LogP contribution < -0.4 is 0 Å². The van der Waals surface area contributed by atoms with E-state index in [0.717, 1.165) is 0 Å². The van der Waals surface area contributed by atoms with E-state index in [1.165, 1.54) is 11.1 Å². The molecule has 2 N–H and O–H groups in total. The van der Waals surface area contributed by atoms with Crippen LogP contribution >= 0.6 is 0 Å². The highest BCUT2D eigenvalue weighted by Gasteiger charge is 2.28. The first-order chi connectivity index (χ1) is 7.82. The van der Waals surface area contributed by atoms with Gasteiger partial charge in [-0.2, -0.15) is 0 Å². The normalized spacial score (nSPS) is 13.2. The van der Waals surface area contributed by atoms with Gasteiger partial charge in [0.2, 0.25) is 0 Å². The van der Waals surface area contributed by atoms with E-state index in [9.17, 15) is 9.90 Å². The van der Waals surface area contributed by atoms with E-state index in [1.54, 1.807) is 39.1 Å². The molecule has 5 heteroatoms. The minimum Gasteiger partial charge on any atom is -0.465 e. The number of nitrogens with zero attached hydrogens (tertiary/aromatic N) is 2. The molecule has 0 spiro atoms. The molecule has 5 nitrogen and oxygen atoms in total. The lowest BCUT2D eigenvalue weighted by Crippen LogP contribution is -2.46. The fourth-order valence-corrected chi connectivity index (χ4v) is 1.49. The van der Waals surface area contributed by atoms with E-state index in [1.807, 2.05) is 0 Å². The molecule has 0 bridgehead atoms. The quantitative estimate of drug-likeness (QED) is 0.843. The van der Waals surface area contributed by atoms with Gasteiger partial charge in [-0.05, 0) is 26.8 Å². The number of pyridine rings is 1. The topological polar surface area (TPSA) is 73.7 Å². The van der Waals surface area contributed by atoms with Crippen LogP contribution in [-0.2, 0) is 0 Å². The van der Waals surface area contributed by atoms with Crippen molar-refractivity contribution in [1.82, 2.24) is 9.88 Å². The molecule has 1 heterocycles. The van der Waals surface area contributed by atoms with E-state index in [2.05, 4.69) is 4.98 Å². The minimum absolute atomic E-state index is 0.0323. The molecule has 0 saturated heterocycles. The number of amides is 1. The SMILES string of the molecule is CC(C)(C)N(CC(O)c1cccnc1)C(=O)O. The van der Waals surface area contributed by atoms with Gasteiger partial charge in [-0.15, -0.1) is 0 Å². The van der Waals surface area contributed by atoms with Crippen LogP contribution in [-0.4, -0.2) is 38.3 Å². The first kappa shape index (κ1) is 13.4. The molecular formula is C12H18N2O3. The average molecular weight is 238 g/mol. The van der Waals surface area contributed by atoms with E-state index in [0.29, 0.717) is 5.56 Å². The second kappa shape index (κ2) is 5.14. The lowest BCUT2D eigenvalue weighted by Gasteiger charge is -2.34. The standard InChI is InChI=1S/C12H18N2O3/c1-12(2,3)14(11(16)17)8-10(15)9-5-4-6-13-7-9/h4-7,10,15H,8H2,1-3H3,(H,16,17). The Morgan fingerprint density at radius 2 is 2.18 bits per heavy atom. The Labute approximate surface area is 101 Å². The number of aromatic nitrogens is 1. The molecule has 1 atom stereocenters. The Hall–Kier alpha value is -1.62. The van der Waals surface area contributed by atoms with Gasteiger partial charge in [0.25, 0.3) is 0 Å². The van der Waals surface area contributed by atoms with Crippen LogP contribution in [0.1, 0.15) is 32.4 Å². The molecule has 0 radical (unpaired) electrons. The van der Waals surface area contributed by atoms with E-state index < -0.39 is 17.7 Å². The van der Waals surface area contributed by atoms with Gasteiger partial charge in [-0.3, -0.25) is 4.98 Å². The number of aliphatic hydroxyl groups is 1. The van der Waals surface area contributed by atoms with Crippen LogP contribution in [0.25, 0.3) is 0 Å². The third kappa shape index (κ3) is 3.71. The number of aliphatic hydroxyl groups excluding tert-OH is 1. The highest BCUT2D eigenvalue weighted by atomic mass is 16.4. The summed E-state index contributed by atoms with van der Waals surface area (Å²) in [6.45, 7) is 5.40. The van der Waals surface area contributed by atoms with E-state index >= 15 is 0 Å². The number of carbonyl (C=O) groups is 1. The molecule has 1 rings (SSSR count). The minimum atomic E-state index is -1.04. The molecule has 1 aromatic rings. The van der Waals surface area contributed by atoms with Crippen molar-refractivity contribution in [2.24, 2.45) is 0 Å². The molecular weight excluding hydrogens is 220 g/mol. The number of rotatable bonds is 3. The van der Waals surface area contributed by atoms with Gasteiger partial charge in [0.1, 0.15) is 0 Å². The van der Waals surface area contributed by atoms with Crippen LogP contribution in [0.15, 0.2) is 24.5 Å². The average Bonchev–Trinajstić information content (AvgIpc) is 2.24. The molecule has 1 unspecified atom stereocenters. The van der Waals surface area contributed by atoms with Crippen LogP contribution in [0.4, 0.5) is 4.79 Å². The fraction of sp³-hybridized carbons (Fsp3) is 0.500. The van der Waals surface area contributed by atoms with E-state index in [-0.39, 0.29) is 6.54 Å². The lowest BCUT2D eigenvalue weighted by molar-refractivity contribution is 0.0555. The zero-order chi connectivity index (χ0) is 13.1. The third-order valence-electron chi connectivity index (χ3n) is 2.47. The predicted molar refractivity (Wildman–Crippen MR) is 63.7 cm³/mol.